The average Bonchev–Trinajstić information content (AvgIpc) is 3.11. The first-order valence-electron chi connectivity index (χ1n) is 8.25. The molecule has 2 heterocycles. The van der Waals surface area contributed by atoms with Crippen LogP contribution in [0.15, 0.2) is 48.5 Å². The number of esters is 1. The number of carbonyl (C=O) groups is 1. The molecule has 1 aliphatic rings. The first-order valence-corrected chi connectivity index (χ1v) is 8.25. The maximum atomic E-state index is 12.1. The number of carbonyl (C=O) groups excluding carboxylic acids is 1. The number of nitrogens with one attached hydrogen (secondary N) is 1. The Morgan fingerprint density at radius 2 is 1.96 bits per heavy atom. The van der Waals surface area contributed by atoms with Gasteiger partial charge in [0.15, 0.2) is 0 Å². The van der Waals surface area contributed by atoms with Gasteiger partial charge in [-0.05, 0) is 24.3 Å². The van der Waals surface area contributed by atoms with Crippen molar-refractivity contribution in [3.8, 4) is 22.9 Å². The number of fused-ring (bicyclic) bond motifs is 1. The highest BCUT2D eigenvalue weighted by atomic mass is 16.6. The number of hydrogen-bond acceptors (Lipinski definition) is 6. The lowest BCUT2D eigenvalue weighted by Crippen LogP contribution is -2.21. The van der Waals surface area contributed by atoms with Gasteiger partial charge in [-0.1, -0.05) is 18.2 Å². The largest absolute Gasteiger partial charge is 0.497 e. The van der Waals surface area contributed by atoms with Gasteiger partial charge in [-0.25, -0.2) is 0 Å². The zero-order valence-corrected chi connectivity index (χ0v) is 14.3. The summed E-state index contributed by atoms with van der Waals surface area (Å²) in [6.45, 7) is 0. The predicted molar refractivity (Wildman–Crippen MR) is 95.8 cm³/mol. The fourth-order valence-electron chi connectivity index (χ4n) is 3.35. The van der Waals surface area contributed by atoms with E-state index in [0.29, 0.717) is 22.6 Å². The van der Waals surface area contributed by atoms with Crippen LogP contribution in [0.25, 0.3) is 11.3 Å². The van der Waals surface area contributed by atoms with Gasteiger partial charge < -0.3 is 9.47 Å². The number of H-pyrrole nitrogens is 1. The number of aromatic nitrogens is 2. The molecule has 0 aliphatic carbocycles. The van der Waals surface area contributed by atoms with E-state index in [0.717, 1.165) is 5.56 Å². The van der Waals surface area contributed by atoms with Gasteiger partial charge in [-0.2, -0.15) is 0 Å². The van der Waals surface area contributed by atoms with Gasteiger partial charge in [-0.3, -0.25) is 20.0 Å². The van der Waals surface area contributed by atoms with E-state index >= 15 is 0 Å². The van der Waals surface area contributed by atoms with Gasteiger partial charge >= 0.3 is 5.97 Å². The first kappa shape index (κ1) is 16.8. The molecule has 4 rings (SSSR count). The second-order valence-corrected chi connectivity index (χ2v) is 6.09. The topological polar surface area (TPSA) is 107 Å². The van der Waals surface area contributed by atoms with E-state index in [4.69, 9.17) is 9.47 Å². The van der Waals surface area contributed by atoms with Crippen molar-refractivity contribution >= 4 is 11.7 Å². The molecule has 3 aromatic rings. The summed E-state index contributed by atoms with van der Waals surface area (Å²) in [7, 11) is 1.58. The number of hydrogen-bond donors (Lipinski definition) is 1. The monoisotopic (exact) mass is 365 g/mol. The van der Waals surface area contributed by atoms with E-state index in [9.17, 15) is 14.9 Å². The van der Waals surface area contributed by atoms with Crippen LogP contribution in [0.3, 0.4) is 0 Å². The molecule has 0 amide bonds. The van der Waals surface area contributed by atoms with Gasteiger partial charge in [0.1, 0.15) is 5.75 Å². The molecule has 1 aromatic heterocycles. The summed E-state index contributed by atoms with van der Waals surface area (Å²) in [5.41, 5.74) is 2.52. The molecule has 2 aromatic carbocycles. The summed E-state index contributed by atoms with van der Waals surface area (Å²) in [5, 5.41) is 18.5. The standard InChI is InChI=1S/C19H15N3O5/c1-26-12-8-6-11(7-9-12)18-17-14(10-16(23)27-19(17)21-20-18)13-4-2-3-5-15(13)22(24)25/h2-9,14H,10H2,1H3,(H,20,21). The Morgan fingerprint density at radius 3 is 2.67 bits per heavy atom. The number of para-hydroxylation sites is 1. The van der Waals surface area contributed by atoms with E-state index < -0.39 is 16.8 Å². The number of nitrogens with zero attached hydrogens (tertiary/aromatic N) is 2. The zero-order chi connectivity index (χ0) is 19.0. The third-order valence-corrected chi connectivity index (χ3v) is 4.59. The number of ether oxygens (including phenoxy) is 2. The minimum atomic E-state index is -0.529. The van der Waals surface area contributed by atoms with Crippen molar-refractivity contribution in [1.29, 1.82) is 0 Å². The third-order valence-electron chi connectivity index (χ3n) is 4.59. The Bertz CT molecular complexity index is 1030. The van der Waals surface area contributed by atoms with Gasteiger partial charge in [0.2, 0.25) is 5.88 Å². The van der Waals surface area contributed by atoms with Crippen LogP contribution >= 0.6 is 0 Å². The molecule has 0 bridgehead atoms. The molecule has 8 heteroatoms. The van der Waals surface area contributed by atoms with E-state index in [1.54, 1.807) is 37.4 Å². The Balaban J connectivity index is 1.87. The van der Waals surface area contributed by atoms with Crippen LogP contribution < -0.4 is 9.47 Å². The minimum absolute atomic E-state index is 0.000537. The molecule has 1 N–H and O–H groups in total. The number of nitro benzene ring substituents is 1. The first-order chi connectivity index (χ1) is 13.1. The van der Waals surface area contributed by atoms with Crippen LogP contribution in [0.5, 0.6) is 11.6 Å². The summed E-state index contributed by atoms with van der Waals surface area (Å²) >= 11 is 0. The lowest BCUT2D eigenvalue weighted by molar-refractivity contribution is -0.385. The molecule has 8 nitrogen and oxygen atoms in total. The highest BCUT2D eigenvalue weighted by Crippen LogP contribution is 2.45. The summed E-state index contributed by atoms with van der Waals surface area (Å²) in [6, 6.07) is 13.7. The number of methoxy groups -OCH3 is 1. The van der Waals surface area contributed by atoms with Crippen molar-refractivity contribution < 1.29 is 19.2 Å². The molecule has 136 valence electrons. The second-order valence-electron chi connectivity index (χ2n) is 6.09. The van der Waals surface area contributed by atoms with E-state index in [2.05, 4.69) is 10.2 Å². The lowest BCUT2D eigenvalue weighted by atomic mass is 9.85. The van der Waals surface area contributed by atoms with Crippen molar-refractivity contribution in [2.45, 2.75) is 12.3 Å². The van der Waals surface area contributed by atoms with Crippen LogP contribution in [-0.4, -0.2) is 28.2 Å². The quantitative estimate of drug-likeness (QED) is 0.431. The van der Waals surface area contributed by atoms with Gasteiger partial charge in [-0.15, -0.1) is 5.10 Å². The number of benzene rings is 2. The summed E-state index contributed by atoms with van der Waals surface area (Å²) in [5.74, 6) is -0.147. The molecule has 1 aliphatic heterocycles. The smallest absolute Gasteiger partial charge is 0.313 e. The van der Waals surface area contributed by atoms with Crippen LogP contribution in [0.4, 0.5) is 5.69 Å². The molecule has 0 saturated heterocycles. The minimum Gasteiger partial charge on any atom is -0.497 e. The molecular formula is C19H15N3O5. The number of rotatable bonds is 4. The van der Waals surface area contributed by atoms with Gasteiger partial charge in [0, 0.05) is 23.1 Å². The van der Waals surface area contributed by atoms with Crippen molar-refractivity contribution in [3.05, 3.63) is 69.8 Å². The zero-order valence-electron chi connectivity index (χ0n) is 14.3. The molecule has 0 spiro atoms. The van der Waals surface area contributed by atoms with E-state index in [1.807, 2.05) is 12.1 Å². The van der Waals surface area contributed by atoms with E-state index in [1.165, 1.54) is 6.07 Å². The van der Waals surface area contributed by atoms with Crippen molar-refractivity contribution in [2.75, 3.05) is 7.11 Å². The average molecular weight is 365 g/mol. The normalized spacial score (nSPS) is 15.7. The van der Waals surface area contributed by atoms with Crippen molar-refractivity contribution in [3.63, 3.8) is 0 Å². The molecule has 27 heavy (non-hydrogen) atoms. The van der Waals surface area contributed by atoms with Crippen molar-refractivity contribution in [2.24, 2.45) is 0 Å². The van der Waals surface area contributed by atoms with Crippen LogP contribution in [-0.2, 0) is 4.79 Å². The SMILES string of the molecule is COc1ccc(-c2[nH]nc3c2C(c2ccccc2[N+](=O)[O-])CC(=O)O3)cc1. The Kier molecular flexibility index (Phi) is 4.08. The van der Waals surface area contributed by atoms with Gasteiger partial charge in [0.05, 0.1) is 29.7 Å². The van der Waals surface area contributed by atoms with Crippen LogP contribution in [0.2, 0.25) is 0 Å². The number of aromatic amines is 1. The van der Waals surface area contributed by atoms with Gasteiger partial charge in [0.25, 0.3) is 5.69 Å². The molecule has 0 radical (unpaired) electrons. The van der Waals surface area contributed by atoms with Crippen LogP contribution in [0, 0.1) is 10.1 Å². The highest BCUT2D eigenvalue weighted by Gasteiger charge is 2.36. The molecular weight excluding hydrogens is 350 g/mol. The van der Waals surface area contributed by atoms with E-state index in [-0.39, 0.29) is 18.0 Å². The molecule has 0 saturated carbocycles. The summed E-state index contributed by atoms with van der Waals surface area (Å²) in [4.78, 5) is 23.1. The fraction of sp³-hybridized carbons (Fsp3) is 0.158. The molecule has 1 atom stereocenters. The Hall–Kier alpha value is -3.68. The predicted octanol–water partition coefficient (Wildman–Crippen LogP) is 3.43. The highest BCUT2D eigenvalue weighted by molar-refractivity contribution is 5.81. The van der Waals surface area contributed by atoms with Crippen LogP contribution in [0.1, 0.15) is 23.5 Å². The molecule has 0 fully saturated rings. The lowest BCUT2D eigenvalue weighted by Gasteiger charge is -2.22. The Morgan fingerprint density at radius 1 is 1.22 bits per heavy atom. The summed E-state index contributed by atoms with van der Waals surface area (Å²) in [6.07, 6.45) is 0.000537. The summed E-state index contributed by atoms with van der Waals surface area (Å²) < 4.78 is 10.4. The second kappa shape index (κ2) is 6.56. The third kappa shape index (κ3) is 2.91. The number of nitro groups is 1. The Labute approximate surface area is 153 Å². The maximum Gasteiger partial charge on any atom is 0.313 e. The fourth-order valence-corrected chi connectivity index (χ4v) is 3.35. The molecule has 1 unspecified atom stereocenters. The maximum absolute atomic E-state index is 12.1. The van der Waals surface area contributed by atoms with Crippen molar-refractivity contribution in [1.82, 2.24) is 10.2 Å².